The van der Waals surface area contributed by atoms with Crippen molar-refractivity contribution in [3.8, 4) is 28.7 Å². The molecule has 0 unspecified atom stereocenters. The largest absolute Gasteiger partial charge is 0.504 e. The topological polar surface area (TPSA) is 57.2 Å². The van der Waals surface area contributed by atoms with Crippen LogP contribution < -0.4 is 18.9 Å². The van der Waals surface area contributed by atoms with Crippen LogP contribution in [0, 0.1) is 0 Å². The second kappa shape index (κ2) is 6.35. The summed E-state index contributed by atoms with van der Waals surface area (Å²) in [6.07, 6.45) is 2.72. The highest BCUT2D eigenvalue weighted by Crippen LogP contribution is 2.45. The number of rotatable bonds is 5. The van der Waals surface area contributed by atoms with E-state index in [2.05, 4.69) is 6.08 Å². The van der Waals surface area contributed by atoms with Gasteiger partial charge in [-0.05, 0) is 41.3 Å². The lowest BCUT2D eigenvalue weighted by Gasteiger charge is -2.15. The highest BCUT2D eigenvalue weighted by molar-refractivity contribution is 5.88. The fourth-order valence-corrected chi connectivity index (χ4v) is 3.06. The molecule has 0 fully saturated rings. The minimum atomic E-state index is 0.189. The molecule has 0 amide bonds. The Hall–Kier alpha value is -2.82. The van der Waals surface area contributed by atoms with Crippen molar-refractivity contribution >= 4 is 5.57 Å². The fraction of sp³-hybridized carbons (Fsp3) is 0.263. The van der Waals surface area contributed by atoms with E-state index >= 15 is 0 Å². The Morgan fingerprint density at radius 1 is 0.833 bits per heavy atom. The van der Waals surface area contributed by atoms with Crippen molar-refractivity contribution in [3.63, 3.8) is 0 Å². The lowest BCUT2D eigenvalue weighted by Crippen LogP contribution is -1.97. The minimum Gasteiger partial charge on any atom is -0.504 e. The van der Waals surface area contributed by atoms with Crippen molar-refractivity contribution in [2.75, 3.05) is 28.4 Å². The lowest BCUT2D eigenvalue weighted by molar-refractivity contribution is 0.324. The number of phenols is 1. The van der Waals surface area contributed by atoms with Crippen molar-refractivity contribution in [3.05, 3.63) is 47.0 Å². The molecule has 0 atom stereocenters. The molecule has 2 aromatic carbocycles. The summed E-state index contributed by atoms with van der Waals surface area (Å²) in [4.78, 5) is 0. The Bertz CT molecular complexity index is 783. The first kappa shape index (κ1) is 16.1. The second-order valence-corrected chi connectivity index (χ2v) is 5.38. The summed E-state index contributed by atoms with van der Waals surface area (Å²) in [7, 11) is 6.31. The third kappa shape index (κ3) is 2.42. The van der Waals surface area contributed by atoms with Crippen LogP contribution in [0.4, 0.5) is 0 Å². The molecule has 0 spiro atoms. The predicted molar refractivity (Wildman–Crippen MR) is 91.5 cm³/mol. The number of methoxy groups -OCH3 is 4. The van der Waals surface area contributed by atoms with Gasteiger partial charge in [-0.3, -0.25) is 0 Å². The number of phenolic OH excluding ortho intramolecular Hbond substituents is 1. The zero-order valence-corrected chi connectivity index (χ0v) is 14.2. The van der Waals surface area contributed by atoms with Crippen LogP contribution in [-0.2, 0) is 6.42 Å². The van der Waals surface area contributed by atoms with Crippen molar-refractivity contribution in [2.45, 2.75) is 6.42 Å². The Morgan fingerprint density at radius 3 is 2.00 bits per heavy atom. The first-order valence-corrected chi connectivity index (χ1v) is 7.54. The summed E-state index contributed by atoms with van der Waals surface area (Å²) in [5.41, 5.74) is 3.79. The minimum absolute atomic E-state index is 0.189. The van der Waals surface area contributed by atoms with Gasteiger partial charge in [-0.15, -0.1) is 0 Å². The lowest BCUT2D eigenvalue weighted by atomic mass is 9.97. The molecule has 0 aromatic heterocycles. The molecule has 1 N–H and O–H groups in total. The maximum atomic E-state index is 10.3. The van der Waals surface area contributed by atoms with Crippen LogP contribution in [0.5, 0.6) is 28.7 Å². The molecule has 5 heteroatoms. The van der Waals surface area contributed by atoms with Crippen molar-refractivity contribution in [2.24, 2.45) is 0 Å². The van der Waals surface area contributed by atoms with Gasteiger partial charge in [0.25, 0.3) is 0 Å². The molecule has 1 aliphatic carbocycles. The van der Waals surface area contributed by atoms with E-state index < -0.39 is 0 Å². The molecule has 2 aromatic rings. The predicted octanol–water partition coefficient (Wildman–Crippen LogP) is 3.41. The van der Waals surface area contributed by atoms with Crippen LogP contribution in [0.2, 0.25) is 0 Å². The van der Waals surface area contributed by atoms with Crippen molar-refractivity contribution < 1.29 is 24.1 Å². The van der Waals surface area contributed by atoms with Crippen LogP contribution >= 0.6 is 0 Å². The summed E-state index contributed by atoms with van der Waals surface area (Å²) in [5, 5.41) is 10.3. The smallest absolute Gasteiger partial charge is 0.203 e. The van der Waals surface area contributed by atoms with Gasteiger partial charge in [0.15, 0.2) is 23.0 Å². The number of allylic oxidation sites excluding steroid dienone is 1. The molecule has 0 saturated heterocycles. The summed E-state index contributed by atoms with van der Waals surface area (Å²) < 4.78 is 21.4. The number of hydrogen-bond acceptors (Lipinski definition) is 5. The van der Waals surface area contributed by atoms with E-state index in [0.717, 1.165) is 22.3 Å². The number of aromatic hydroxyl groups is 1. The molecule has 0 aliphatic heterocycles. The van der Waals surface area contributed by atoms with E-state index in [0.29, 0.717) is 29.4 Å². The highest BCUT2D eigenvalue weighted by atomic mass is 16.5. The van der Waals surface area contributed by atoms with Gasteiger partial charge in [0.05, 0.1) is 28.4 Å². The second-order valence-electron chi connectivity index (χ2n) is 5.38. The molecule has 0 bridgehead atoms. The SMILES string of the molecule is COc1ccc2c(c1O)CC=C2c1cc(OC)c(OC)c(OC)c1. The van der Waals surface area contributed by atoms with E-state index in [-0.39, 0.29) is 5.75 Å². The summed E-state index contributed by atoms with van der Waals surface area (Å²) >= 11 is 0. The van der Waals surface area contributed by atoms with Crippen molar-refractivity contribution in [1.82, 2.24) is 0 Å². The quantitative estimate of drug-likeness (QED) is 0.911. The van der Waals surface area contributed by atoms with Crippen LogP contribution in [0.25, 0.3) is 5.57 Å². The van der Waals surface area contributed by atoms with Gasteiger partial charge in [-0.2, -0.15) is 0 Å². The molecule has 0 saturated carbocycles. The third-order valence-corrected chi connectivity index (χ3v) is 4.24. The van der Waals surface area contributed by atoms with Gasteiger partial charge in [0.2, 0.25) is 5.75 Å². The third-order valence-electron chi connectivity index (χ3n) is 4.24. The summed E-state index contributed by atoms with van der Waals surface area (Å²) in [6, 6.07) is 7.54. The molecule has 3 rings (SSSR count). The van der Waals surface area contributed by atoms with E-state index in [1.165, 1.54) is 0 Å². The molecule has 0 heterocycles. The molecule has 24 heavy (non-hydrogen) atoms. The standard InChI is InChI=1S/C19H20O5/c1-21-15-8-7-13-12(5-6-14(13)18(15)20)11-9-16(22-2)19(24-4)17(10-11)23-3/h5,7-10,20H,6H2,1-4H3. The Morgan fingerprint density at radius 2 is 1.46 bits per heavy atom. The highest BCUT2D eigenvalue weighted by Gasteiger charge is 2.23. The number of hydrogen-bond donors (Lipinski definition) is 1. The maximum absolute atomic E-state index is 10.3. The number of ether oxygens (including phenoxy) is 4. The fourth-order valence-electron chi connectivity index (χ4n) is 3.06. The van der Waals surface area contributed by atoms with Crippen LogP contribution in [0.1, 0.15) is 16.7 Å². The first-order valence-electron chi connectivity index (χ1n) is 7.54. The summed E-state index contributed by atoms with van der Waals surface area (Å²) in [6.45, 7) is 0. The van der Waals surface area contributed by atoms with Crippen LogP contribution in [0.3, 0.4) is 0 Å². The molecular weight excluding hydrogens is 308 g/mol. The van der Waals surface area contributed by atoms with Crippen LogP contribution in [-0.4, -0.2) is 33.5 Å². The van der Waals surface area contributed by atoms with Gasteiger partial charge < -0.3 is 24.1 Å². The van der Waals surface area contributed by atoms with Gasteiger partial charge >= 0.3 is 0 Å². The zero-order chi connectivity index (χ0) is 17.3. The average Bonchev–Trinajstić information content (AvgIpc) is 3.05. The molecule has 5 nitrogen and oxygen atoms in total. The number of fused-ring (bicyclic) bond motifs is 1. The average molecular weight is 328 g/mol. The number of benzene rings is 2. The van der Waals surface area contributed by atoms with E-state index in [1.807, 2.05) is 18.2 Å². The van der Waals surface area contributed by atoms with E-state index in [1.54, 1.807) is 34.5 Å². The van der Waals surface area contributed by atoms with E-state index in [4.69, 9.17) is 18.9 Å². The Kier molecular flexibility index (Phi) is 4.25. The summed E-state index contributed by atoms with van der Waals surface area (Å²) in [5.74, 6) is 2.42. The molecule has 0 radical (unpaired) electrons. The maximum Gasteiger partial charge on any atom is 0.203 e. The van der Waals surface area contributed by atoms with E-state index in [9.17, 15) is 5.11 Å². The van der Waals surface area contributed by atoms with Gasteiger partial charge in [-0.1, -0.05) is 12.1 Å². The molecular formula is C19H20O5. The Balaban J connectivity index is 2.12. The molecule has 126 valence electrons. The van der Waals surface area contributed by atoms with Crippen LogP contribution in [0.15, 0.2) is 30.3 Å². The first-order chi connectivity index (χ1) is 11.6. The monoisotopic (exact) mass is 328 g/mol. The molecule has 1 aliphatic rings. The zero-order valence-electron chi connectivity index (χ0n) is 14.2. The normalized spacial score (nSPS) is 12.4. The van der Waals surface area contributed by atoms with Gasteiger partial charge in [0.1, 0.15) is 0 Å². The van der Waals surface area contributed by atoms with Gasteiger partial charge in [-0.25, -0.2) is 0 Å². The van der Waals surface area contributed by atoms with Crippen molar-refractivity contribution in [1.29, 1.82) is 0 Å². The van der Waals surface area contributed by atoms with Gasteiger partial charge in [0, 0.05) is 5.56 Å². The Labute approximate surface area is 141 Å².